The molecule has 0 aromatic carbocycles. The number of ether oxygens (including phenoxy) is 1. The first kappa shape index (κ1) is 22.1. The van der Waals surface area contributed by atoms with Gasteiger partial charge >= 0.3 is 6.18 Å². The van der Waals surface area contributed by atoms with Gasteiger partial charge in [0.2, 0.25) is 11.8 Å². The second kappa shape index (κ2) is 9.35. The van der Waals surface area contributed by atoms with Crippen molar-refractivity contribution in [2.24, 2.45) is 5.92 Å². The van der Waals surface area contributed by atoms with Crippen molar-refractivity contribution in [2.75, 3.05) is 11.9 Å². The first-order valence-corrected chi connectivity index (χ1v) is 8.76. The molecule has 29 heavy (non-hydrogen) atoms. The van der Waals surface area contributed by atoms with Crippen LogP contribution in [0.5, 0.6) is 5.88 Å². The maximum Gasteiger partial charge on any atom is 0.422 e. The highest BCUT2D eigenvalue weighted by Gasteiger charge is 2.28. The van der Waals surface area contributed by atoms with Crippen molar-refractivity contribution < 1.29 is 27.5 Å². The summed E-state index contributed by atoms with van der Waals surface area (Å²) in [4.78, 5) is 32.1. The maximum atomic E-state index is 12.4. The molecule has 0 saturated carbocycles. The number of aromatic nitrogens is 2. The van der Waals surface area contributed by atoms with Gasteiger partial charge in [-0.25, -0.2) is 9.97 Å². The Balaban J connectivity index is 2.02. The van der Waals surface area contributed by atoms with E-state index in [0.29, 0.717) is 11.3 Å². The van der Waals surface area contributed by atoms with Crippen molar-refractivity contribution in [2.45, 2.75) is 33.5 Å². The number of amides is 2. The Morgan fingerprint density at radius 1 is 1.21 bits per heavy atom. The Kier molecular flexibility index (Phi) is 7.13. The highest BCUT2D eigenvalue weighted by atomic mass is 19.4. The number of alkyl halides is 3. The standard InChI is InChI=1S/C19H21F3N4O3/c1-11(2)17(27)26-15-8-13(4-5-23-15)18(28)24-9-14-6-12(3)7-16(25-14)29-10-19(20,21)22/h4-8,11H,9-10H2,1-3H3,(H,24,28)(H,23,26,27). The summed E-state index contributed by atoms with van der Waals surface area (Å²) in [5.41, 5.74) is 1.25. The van der Waals surface area contributed by atoms with Gasteiger partial charge in [-0.05, 0) is 30.7 Å². The van der Waals surface area contributed by atoms with Crippen molar-refractivity contribution in [3.8, 4) is 5.88 Å². The first-order valence-electron chi connectivity index (χ1n) is 8.76. The second-order valence-corrected chi connectivity index (χ2v) is 6.63. The molecule has 2 heterocycles. The van der Waals surface area contributed by atoms with Gasteiger partial charge in [0, 0.05) is 23.7 Å². The number of anilines is 1. The molecule has 2 rings (SSSR count). The first-order chi connectivity index (χ1) is 13.5. The van der Waals surface area contributed by atoms with Gasteiger partial charge in [-0.2, -0.15) is 13.2 Å². The number of rotatable bonds is 7. The molecule has 10 heteroatoms. The third-order valence-corrected chi connectivity index (χ3v) is 3.61. The largest absolute Gasteiger partial charge is 0.468 e. The fraction of sp³-hybridized carbons (Fsp3) is 0.368. The SMILES string of the molecule is Cc1cc(CNC(=O)c2ccnc(NC(=O)C(C)C)c2)nc(OCC(F)(F)F)c1. The zero-order valence-corrected chi connectivity index (χ0v) is 16.1. The van der Waals surface area contributed by atoms with Crippen LogP contribution in [0.3, 0.4) is 0 Å². The Morgan fingerprint density at radius 2 is 1.93 bits per heavy atom. The number of nitrogens with zero attached hydrogens (tertiary/aromatic N) is 2. The molecular formula is C19H21F3N4O3. The molecular weight excluding hydrogens is 389 g/mol. The van der Waals surface area contributed by atoms with E-state index in [-0.39, 0.29) is 35.6 Å². The zero-order chi connectivity index (χ0) is 21.6. The molecule has 0 atom stereocenters. The minimum absolute atomic E-state index is 0.0150. The van der Waals surface area contributed by atoms with E-state index in [9.17, 15) is 22.8 Å². The normalized spacial score (nSPS) is 11.3. The lowest BCUT2D eigenvalue weighted by Gasteiger charge is -2.11. The molecule has 7 nitrogen and oxygen atoms in total. The number of aryl methyl sites for hydroxylation is 1. The molecule has 2 aromatic rings. The van der Waals surface area contributed by atoms with Gasteiger partial charge in [-0.3, -0.25) is 9.59 Å². The lowest BCUT2D eigenvalue weighted by atomic mass is 10.2. The van der Waals surface area contributed by atoms with Crippen LogP contribution in [0.4, 0.5) is 19.0 Å². The Hall–Kier alpha value is -3.17. The van der Waals surface area contributed by atoms with E-state index in [1.54, 1.807) is 26.8 Å². The van der Waals surface area contributed by atoms with Crippen LogP contribution in [0, 0.1) is 12.8 Å². The molecule has 2 N–H and O–H groups in total. The highest BCUT2D eigenvalue weighted by Crippen LogP contribution is 2.18. The van der Waals surface area contributed by atoms with E-state index in [1.807, 2.05) is 0 Å². The van der Waals surface area contributed by atoms with Crippen molar-refractivity contribution >= 4 is 17.6 Å². The van der Waals surface area contributed by atoms with Crippen LogP contribution in [-0.4, -0.2) is 34.6 Å². The Bertz CT molecular complexity index is 885. The number of nitrogens with one attached hydrogen (secondary N) is 2. The average molecular weight is 410 g/mol. The summed E-state index contributed by atoms with van der Waals surface area (Å²) in [5.74, 6) is -0.851. The molecule has 0 saturated heterocycles. The van der Waals surface area contributed by atoms with Crippen LogP contribution in [0.1, 0.15) is 35.5 Å². The summed E-state index contributed by atoms with van der Waals surface area (Å²) >= 11 is 0. The number of carbonyl (C=O) groups excluding carboxylic acids is 2. The van der Waals surface area contributed by atoms with Crippen LogP contribution in [-0.2, 0) is 11.3 Å². The van der Waals surface area contributed by atoms with Crippen molar-refractivity contribution in [1.82, 2.24) is 15.3 Å². The maximum absolute atomic E-state index is 12.4. The summed E-state index contributed by atoms with van der Waals surface area (Å²) in [7, 11) is 0. The fourth-order valence-electron chi connectivity index (χ4n) is 2.21. The fourth-order valence-corrected chi connectivity index (χ4v) is 2.21. The topological polar surface area (TPSA) is 93.2 Å². The average Bonchev–Trinajstić information content (AvgIpc) is 2.63. The van der Waals surface area contributed by atoms with Crippen LogP contribution in [0.2, 0.25) is 0 Å². The zero-order valence-electron chi connectivity index (χ0n) is 16.1. The van der Waals surface area contributed by atoms with Gasteiger partial charge < -0.3 is 15.4 Å². The smallest absolute Gasteiger partial charge is 0.422 e. The lowest BCUT2D eigenvalue weighted by molar-refractivity contribution is -0.154. The molecule has 0 bridgehead atoms. The van der Waals surface area contributed by atoms with E-state index in [1.165, 1.54) is 24.4 Å². The highest BCUT2D eigenvalue weighted by molar-refractivity contribution is 5.96. The molecule has 2 aromatic heterocycles. The minimum Gasteiger partial charge on any atom is -0.468 e. The number of carbonyl (C=O) groups is 2. The summed E-state index contributed by atoms with van der Waals surface area (Å²) in [6, 6.07) is 5.91. The van der Waals surface area contributed by atoms with Crippen molar-refractivity contribution in [1.29, 1.82) is 0 Å². The molecule has 2 amide bonds. The van der Waals surface area contributed by atoms with Crippen LogP contribution in [0.15, 0.2) is 30.5 Å². The van der Waals surface area contributed by atoms with Crippen molar-refractivity contribution in [3.05, 3.63) is 47.3 Å². The van der Waals surface area contributed by atoms with Crippen molar-refractivity contribution in [3.63, 3.8) is 0 Å². The van der Waals surface area contributed by atoms with Gasteiger partial charge in [0.15, 0.2) is 6.61 Å². The number of pyridine rings is 2. The number of hydrogen-bond acceptors (Lipinski definition) is 5. The predicted octanol–water partition coefficient (Wildman–Crippen LogP) is 3.25. The number of halogens is 3. The Labute approximate surface area is 165 Å². The summed E-state index contributed by atoms with van der Waals surface area (Å²) in [5, 5.41) is 5.23. The molecule has 0 radical (unpaired) electrons. The van der Waals surface area contributed by atoms with E-state index in [4.69, 9.17) is 0 Å². The molecule has 0 aliphatic heterocycles. The number of hydrogen-bond donors (Lipinski definition) is 2. The van der Waals surface area contributed by atoms with Gasteiger partial charge in [-0.15, -0.1) is 0 Å². The molecule has 0 aliphatic carbocycles. The predicted molar refractivity (Wildman–Crippen MR) is 99.4 cm³/mol. The minimum atomic E-state index is -4.47. The third kappa shape index (κ3) is 7.40. The van der Waals surface area contributed by atoms with Crippen LogP contribution >= 0.6 is 0 Å². The van der Waals surface area contributed by atoms with Gasteiger partial charge in [-0.1, -0.05) is 13.8 Å². The second-order valence-electron chi connectivity index (χ2n) is 6.63. The quantitative estimate of drug-likeness (QED) is 0.731. The van der Waals surface area contributed by atoms with Crippen LogP contribution in [0.25, 0.3) is 0 Å². The van der Waals surface area contributed by atoms with E-state index < -0.39 is 18.7 Å². The Morgan fingerprint density at radius 3 is 2.59 bits per heavy atom. The van der Waals surface area contributed by atoms with Gasteiger partial charge in [0.05, 0.1) is 12.2 Å². The molecule has 0 spiro atoms. The molecule has 0 fully saturated rings. The van der Waals surface area contributed by atoms with Gasteiger partial charge in [0.25, 0.3) is 5.91 Å². The monoisotopic (exact) mass is 410 g/mol. The van der Waals surface area contributed by atoms with Gasteiger partial charge in [0.1, 0.15) is 5.82 Å². The van der Waals surface area contributed by atoms with E-state index in [2.05, 4.69) is 25.3 Å². The lowest BCUT2D eigenvalue weighted by Crippen LogP contribution is -2.24. The summed E-state index contributed by atoms with van der Waals surface area (Å²) < 4.78 is 41.6. The third-order valence-electron chi connectivity index (χ3n) is 3.61. The molecule has 0 unspecified atom stereocenters. The summed E-state index contributed by atoms with van der Waals surface area (Å²) in [6.45, 7) is 3.68. The van der Waals surface area contributed by atoms with Crippen LogP contribution < -0.4 is 15.4 Å². The molecule has 156 valence electrons. The molecule has 0 aliphatic rings. The van der Waals surface area contributed by atoms with E-state index >= 15 is 0 Å². The summed E-state index contributed by atoms with van der Waals surface area (Å²) in [6.07, 6.45) is -3.08. The van der Waals surface area contributed by atoms with E-state index in [0.717, 1.165) is 0 Å².